The molecule has 1 heterocycles. The Morgan fingerprint density at radius 2 is 2.11 bits per heavy atom. The van der Waals surface area contributed by atoms with Crippen molar-refractivity contribution in [1.29, 1.82) is 0 Å². The second-order valence-electron chi connectivity index (χ2n) is 3.91. The predicted molar refractivity (Wildman–Crippen MR) is 94.2 cm³/mol. The van der Waals surface area contributed by atoms with Crippen molar-refractivity contribution >= 4 is 61.1 Å². The number of aromatic nitrogens is 2. The van der Waals surface area contributed by atoms with Crippen LogP contribution in [-0.4, -0.2) is 16.6 Å². The molecule has 1 unspecified atom stereocenters. The SMILES string of the molecule is CNC(C)c1ccc(Br)cc1-n1cnc(I)c1I. The van der Waals surface area contributed by atoms with Crippen LogP contribution in [0.1, 0.15) is 18.5 Å². The van der Waals surface area contributed by atoms with Crippen molar-refractivity contribution in [1.82, 2.24) is 14.9 Å². The number of hydrogen-bond acceptors (Lipinski definition) is 2. The molecule has 96 valence electrons. The number of rotatable bonds is 3. The molecule has 2 aromatic rings. The molecular weight excluding hydrogens is 520 g/mol. The third-order valence-corrected chi connectivity index (χ3v) is 6.17. The zero-order chi connectivity index (χ0) is 13.3. The molecular formula is C12H12BrI2N3. The lowest BCUT2D eigenvalue weighted by atomic mass is 10.1. The van der Waals surface area contributed by atoms with Gasteiger partial charge < -0.3 is 5.32 Å². The van der Waals surface area contributed by atoms with Crippen LogP contribution in [0.15, 0.2) is 29.0 Å². The molecule has 0 bridgehead atoms. The van der Waals surface area contributed by atoms with Gasteiger partial charge in [0.1, 0.15) is 13.7 Å². The van der Waals surface area contributed by atoms with E-state index < -0.39 is 0 Å². The van der Waals surface area contributed by atoms with Crippen LogP contribution in [0.4, 0.5) is 0 Å². The number of halogens is 3. The smallest absolute Gasteiger partial charge is 0.133 e. The molecule has 6 heteroatoms. The van der Waals surface area contributed by atoms with Gasteiger partial charge in [-0.3, -0.25) is 4.57 Å². The summed E-state index contributed by atoms with van der Waals surface area (Å²) in [5, 5.41) is 3.28. The number of hydrogen-bond donors (Lipinski definition) is 1. The largest absolute Gasteiger partial charge is 0.313 e. The Morgan fingerprint density at radius 1 is 1.39 bits per heavy atom. The Kier molecular flexibility index (Phi) is 5.06. The van der Waals surface area contributed by atoms with Crippen molar-refractivity contribution in [2.45, 2.75) is 13.0 Å². The van der Waals surface area contributed by atoms with Gasteiger partial charge in [-0.2, -0.15) is 0 Å². The van der Waals surface area contributed by atoms with Crippen molar-refractivity contribution in [3.05, 3.63) is 42.0 Å². The van der Waals surface area contributed by atoms with E-state index >= 15 is 0 Å². The molecule has 0 fully saturated rings. The average Bonchev–Trinajstić information content (AvgIpc) is 2.69. The van der Waals surface area contributed by atoms with Crippen molar-refractivity contribution in [2.24, 2.45) is 0 Å². The Morgan fingerprint density at radius 3 is 2.67 bits per heavy atom. The van der Waals surface area contributed by atoms with Crippen LogP contribution >= 0.6 is 61.1 Å². The van der Waals surface area contributed by atoms with Crippen LogP contribution < -0.4 is 5.32 Å². The third kappa shape index (κ3) is 2.91. The van der Waals surface area contributed by atoms with E-state index in [1.165, 1.54) is 5.56 Å². The number of benzene rings is 1. The van der Waals surface area contributed by atoms with Crippen molar-refractivity contribution < 1.29 is 0 Å². The molecule has 1 N–H and O–H groups in total. The first kappa shape index (κ1) is 14.7. The van der Waals surface area contributed by atoms with Gasteiger partial charge in [0.2, 0.25) is 0 Å². The molecule has 0 saturated heterocycles. The molecule has 0 saturated carbocycles. The van der Waals surface area contributed by atoms with Crippen LogP contribution in [0.25, 0.3) is 5.69 Å². The van der Waals surface area contributed by atoms with Gasteiger partial charge in [-0.1, -0.05) is 22.0 Å². The number of nitrogens with one attached hydrogen (secondary N) is 1. The van der Waals surface area contributed by atoms with E-state index in [1.807, 2.05) is 13.4 Å². The van der Waals surface area contributed by atoms with Crippen molar-refractivity contribution in [2.75, 3.05) is 7.05 Å². The molecule has 0 aliphatic rings. The van der Waals surface area contributed by atoms with Gasteiger partial charge in [-0.15, -0.1) is 0 Å². The van der Waals surface area contributed by atoms with E-state index in [9.17, 15) is 0 Å². The van der Waals surface area contributed by atoms with Gasteiger partial charge in [-0.25, -0.2) is 4.98 Å². The lowest BCUT2D eigenvalue weighted by Gasteiger charge is -2.17. The van der Waals surface area contributed by atoms with E-state index in [0.717, 1.165) is 17.6 Å². The normalized spacial score (nSPS) is 12.7. The van der Waals surface area contributed by atoms with Crippen molar-refractivity contribution in [3.63, 3.8) is 0 Å². The Bertz CT molecular complexity index is 568. The summed E-state index contributed by atoms with van der Waals surface area (Å²) in [6, 6.07) is 6.64. The van der Waals surface area contributed by atoms with E-state index in [0.29, 0.717) is 6.04 Å². The topological polar surface area (TPSA) is 29.9 Å². The highest BCUT2D eigenvalue weighted by atomic mass is 127. The summed E-state index contributed by atoms with van der Waals surface area (Å²) in [4.78, 5) is 4.35. The number of nitrogens with zero attached hydrogens (tertiary/aromatic N) is 2. The summed E-state index contributed by atoms with van der Waals surface area (Å²) in [6.07, 6.45) is 1.87. The molecule has 1 aromatic carbocycles. The molecule has 2 rings (SSSR count). The Balaban J connectivity index is 2.61. The lowest BCUT2D eigenvalue weighted by molar-refractivity contribution is 0.647. The molecule has 1 atom stereocenters. The fourth-order valence-electron chi connectivity index (χ4n) is 1.73. The summed E-state index contributed by atoms with van der Waals surface area (Å²) < 4.78 is 5.35. The van der Waals surface area contributed by atoms with E-state index in [1.54, 1.807) is 0 Å². The minimum atomic E-state index is 0.295. The predicted octanol–water partition coefficient (Wildman–Crippen LogP) is 4.12. The fraction of sp³-hybridized carbons (Fsp3) is 0.250. The standard InChI is InChI=1S/C12H12BrI2N3/c1-7(16-2)9-4-3-8(13)5-10(9)18-6-17-11(14)12(18)15/h3-7,16H,1-2H3. The van der Waals surface area contributed by atoms with Gasteiger partial charge >= 0.3 is 0 Å². The van der Waals surface area contributed by atoms with Gasteiger partial charge in [0, 0.05) is 10.5 Å². The van der Waals surface area contributed by atoms with Crippen LogP contribution in [0, 0.1) is 7.40 Å². The highest BCUT2D eigenvalue weighted by Crippen LogP contribution is 2.28. The first-order valence-corrected chi connectivity index (χ1v) is 8.35. The summed E-state index contributed by atoms with van der Waals surface area (Å²) in [6.45, 7) is 2.15. The molecule has 18 heavy (non-hydrogen) atoms. The first-order valence-electron chi connectivity index (χ1n) is 5.40. The van der Waals surface area contributed by atoms with Gasteiger partial charge in [0.25, 0.3) is 0 Å². The van der Waals surface area contributed by atoms with Gasteiger partial charge in [-0.05, 0) is 76.8 Å². The van der Waals surface area contributed by atoms with Crippen molar-refractivity contribution in [3.8, 4) is 5.69 Å². The minimum absolute atomic E-state index is 0.295. The van der Waals surface area contributed by atoms with Crippen LogP contribution in [0.3, 0.4) is 0 Å². The highest BCUT2D eigenvalue weighted by Gasteiger charge is 2.14. The quantitative estimate of drug-likeness (QED) is 0.604. The summed E-state index contributed by atoms with van der Waals surface area (Å²) in [5.74, 6) is 0. The second-order valence-corrected chi connectivity index (χ2v) is 6.87. The molecule has 0 aliphatic heterocycles. The highest BCUT2D eigenvalue weighted by molar-refractivity contribution is 14.1. The summed E-state index contributed by atoms with van der Waals surface area (Å²) >= 11 is 8.11. The second kappa shape index (κ2) is 6.19. The monoisotopic (exact) mass is 531 g/mol. The molecule has 0 radical (unpaired) electrons. The van der Waals surface area contributed by atoms with Crippen LogP contribution in [-0.2, 0) is 0 Å². The Labute approximate surface area is 142 Å². The molecule has 0 amide bonds. The lowest BCUT2D eigenvalue weighted by Crippen LogP contribution is -2.15. The van der Waals surface area contributed by atoms with Gasteiger partial charge in [0.15, 0.2) is 0 Å². The molecule has 1 aromatic heterocycles. The van der Waals surface area contributed by atoms with E-state index in [-0.39, 0.29) is 0 Å². The fourth-order valence-corrected chi connectivity index (χ4v) is 2.98. The van der Waals surface area contributed by atoms with E-state index in [2.05, 4.69) is 101 Å². The van der Waals surface area contributed by atoms with Gasteiger partial charge in [0.05, 0.1) is 5.69 Å². The zero-order valence-corrected chi connectivity index (χ0v) is 15.8. The number of imidazole rings is 1. The summed E-state index contributed by atoms with van der Waals surface area (Å²) in [5.41, 5.74) is 2.42. The Hall–Kier alpha value is 0.330. The molecule has 0 aliphatic carbocycles. The maximum Gasteiger partial charge on any atom is 0.133 e. The van der Waals surface area contributed by atoms with Crippen LogP contribution in [0.5, 0.6) is 0 Å². The summed E-state index contributed by atoms with van der Waals surface area (Å²) in [7, 11) is 1.97. The third-order valence-electron chi connectivity index (χ3n) is 2.82. The van der Waals surface area contributed by atoms with E-state index in [4.69, 9.17) is 0 Å². The average molecular weight is 532 g/mol. The first-order chi connectivity index (χ1) is 8.54. The maximum absolute atomic E-state index is 4.35. The minimum Gasteiger partial charge on any atom is -0.313 e. The zero-order valence-electron chi connectivity index (χ0n) is 9.92. The molecule has 0 spiro atoms. The maximum atomic E-state index is 4.35. The van der Waals surface area contributed by atoms with Crippen LogP contribution in [0.2, 0.25) is 0 Å². The molecule has 3 nitrogen and oxygen atoms in total.